The van der Waals surface area contributed by atoms with Crippen molar-refractivity contribution in [3.63, 3.8) is 0 Å². The van der Waals surface area contributed by atoms with Crippen LogP contribution in [0.3, 0.4) is 0 Å². The summed E-state index contributed by atoms with van der Waals surface area (Å²) in [4.78, 5) is 29.8. The van der Waals surface area contributed by atoms with Crippen LogP contribution in [0.4, 0.5) is 0 Å². The first-order chi connectivity index (χ1) is 9.06. The third kappa shape index (κ3) is 2.59. The highest BCUT2D eigenvalue weighted by atomic mass is 79.9. The molecule has 0 aromatic carbocycles. The molecule has 0 aliphatic carbocycles. The van der Waals surface area contributed by atoms with Crippen molar-refractivity contribution in [1.29, 1.82) is 5.26 Å². The first-order valence-corrected chi connectivity index (χ1v) is 7.20. The zero-order chi connectivity index (χ0) is 14.0. The van der Waals surface area contributed by atoms with Crippen molar-refractivity contribution >= 4 is 38.9 Å². The summed E-state index contributed by atoms with van der Waals surface area (Å²) in [6, 6.07) is 0. The quantitative estimate of drug-likeness (QED) is 0.503. The van der Waals surface area contributed by atoms with Crippen LogP contribution in [0.2, 0.25) is 0 Å². The van der Waals surface area contributed by atoms with Gasteiger partial charge in [-0.2, -0.15) is 5.26 Å². The van der Waals surface area contributed by atoms with Crippen molar-refractivity contribution in [3.05, 3.63) is 25.6 Å². The molecule has 2 rings (SSSR count). The van der Waals surface area contributed by atoms with Gasteiger partial charge in [-0.1, -0.05) is 0 Å². The molecule has 0 aliphatic rings. The fourth-order valence-corrected chi connectivity index (χ4v) is 2.64. The number of nitrogens with one attached hydrogen (secondary N) is 1. The normalized spacial score (nSPS) is 10.8. The van der Waals surface area contributed by atoms with Crippen LogP contribution < -0.4 is 11.2 Å². The molecule has 0 radical (unpaired) electrons. The zero-order valence-corrected chi connectivity index (χ0v) is 12.4. The van der Waals surface area contributed by atoms with Crippen LogP contribution in [0.15, 0.2) is 14.3 Å². The third-order valence-electron chi connectivity index (χ3n) is 2.65. The number of aromatic nitrogens is 4. The summed E-state index contributed by atoms with van der Waals surface area (Å²) in [6.45, 7) is 0.549. The number of nitrogens with zero attached hydrogens (tertiary/aromatic N) is 4. The van der Waals surface area contributed by atoms with Gasteiger partial charge in [0, 0.05) is 19.3 Å². The van der Waals surface area contributed by atoms with Crippen LogP contribution in [0.5, 0.6) is 0 Å². The molecule has 0 aliphatic heterocycles. The summed E-state index contributed by atoms with van der Waals surface area (Å²) in [6.07, 6.45) is 0.727. The molecule has 0 amide bonds. The fraction of sp³-hybridized carbons (Fsp3) is 0.400. The predicted octanol–water partition coefficient (Wildman–Crippen LogP) is 0.790. The van der Waals surface area contributed by atoms with E-state index in [1.54, 1.807) is 11.6 Å². The second-order valence-corrected chi connectivity index (χ2v) is 5.41. The van der Waals surface area contributed by atoms with Gasteiger partial charge in [0.05, 0.1) is 0 Å². The van der Waals surface area contributed by atoms with Gasteiger partial charge in [-0.3, -0.25) is 14.3 Å². The molecular weight excluding hydrogens is 334 g/mol. The lowest BCUT2D eigenvalue weighted by molar-refractivity contribution is 0.685. The highest BCUT2D eigenvalue weighted by Gasteiger charge is 2.15. The minimum Gasteiger partial charge on any atom is -0.313 e. The number of halogens is 1. The van der Waals surface area contributed by atoms with Crippen LogP contribution in [0.25, 0.3) is 11.2 Å². The summed E-state index contributed by atoms with van der Waals surface area (Å²) in [5.74, 6) is 0.673. The van der Waals surface area contributed by atoms with Crippen LogP contribution in [0.1, 0.15) is 6.42 Å². The molecule has 7 nitrogen and oxygen atoms in total. The van der Waals surface area contributed by atoms with Gasteiger partial charge in [0.15, 0.2) is 15.9 Å². The first kappa shape index (κ1) is 13.9. The molecule has 0 spiro atoms. The van der Waals surface area contributed by atoms with E-state index in [1.807, 2.05) is 5.40 Å². The maximum atomic E-state index is 11.9. The summed E-state index contributed by atoms with van der Waals surface area (Å²) in [5.41, 5.74) is -0.247. The lowest BCUT2D eigenvalue weighted by atomic mass is 10.4. The first-order valence-electron chi connectivity index (χ1n) is 5.42. The van der Waals surface area contributed by atoms with E-state index in [0.29, 0.717) is 28.2 Å². The summed E-state index contributed by atoms with van der Waals surface area (Å²) >= 11 is 4.45. The Kier molecular flexibility index (Phi) is 4.11. The Morgan fingerprint density at radius 1 is 1.53 bits per heavy atom. The van der Waals surface area contributed by atoms with Gasteiger partial charge >= 0.3 is 5.69 Å². The number of fused-ring (bicyclic) bond motifs is 1. The Labute approximate surface area is 120 Å². The number of aromatic amines is 1. The van der Waals surface area contributed by atoms with Gasteiger partial charge in [0.25, 0.3) is 5.56 Å². The van der Waals surface area contributed by atoms with Gasteiger partial charge in [-0.15, -0.1) is 0 Å². The SMILES string of the molecule is Cn1c(=O)[nH]c(=O)c2c1nc(Br)n2CCCSC#N. The van der Waals surface area contributed by atoms with Crippen molar-refractivity contribution in [1.82, 2.24) is 19.1 Å². The van der Waals surface area contributed by atoms with Gasteiger partial charge in [0.1, 0.15) is 5.40 Å². The van der Waals surface area contributed by atoms with Crippen molar-refractivity contribution in [3.8, 4) is 5.40 Å². The van der Waals surface area contributed by atoms with Gasteiger partial charge < -0.3 is 4.57 Å². The number of imidazole rings is 1. The van der Waals surface area contributed by atoms with Gasteiger partial charge in [-0.05, 0) is 34.1 Å². The Hall–Kier alpha value is -1.53. The predicted molar refractivity (Wildman–Crippen MR) is 76.0 cm³/mol. The van der Waals surface area contributed by atoms with E-state index < -0.39 is 11.2 Å². The second kappa shape index (κ2) is 5.63. The monoisotopic (exact) mass is 343 g/mol. The van der Waals surface area contributed by atoms with Crippen molar-refractivity contribution < 1.29 is 0 Å². The maximum Gasteiger partial charge on any atom is 0.329 e. The number of hydrogen-bond donors (Lipinski definition) is 1. The molecule has 0 unspecified atom stereocenters. The van der Waals surface area contributed by atoms with Crippen LogP contribution in [-0.4, -0.2) is 24.9 Å². The number of H-pyrrole nitrogens is 1. The Balaban J connectivity index is 2.48. The molecule has 0 saturated heterocycles. The van der Waals surface area contributed by atoms with E-state index in [-0.39, 0.29) is 0 Å². The minimum absolute atomic E-state index is 0.341. The average molecular weight is 344 g/mol. The maximum absolute atomic E-state index is 11.9. The Bertz CT molecular complexity index is 769. The average Bonchev–Trinajstić information content (AvgIpc) is 2.70. The Morgan fingerprint density at radius 3 is 2.95 bits per heavy atom. The molecule has 0 saturated carbocycles. The molecule has 2 aromatic heterocycles. The van der Waals surface area contributed by atoms with Crippen molar-refractivity contribution in [2.24, 2.45) is 7.05 Å². The number of rotatable bonds is 4. The zero-order valence-electron chi connectivity index (χ0n) is 10.0. The summed E-state index contributed by atoms with van der Waals surface area (Å²) in [5, 5.41) is 10.4. The van der Waals surface area contributed by atoms with Crippen molar-refractivity contribution in [2.75, 3.05) is 5.75 Å². The summed E-state index contributed by atoms with van der Waals surface area (Å²) < 4.78 is 3.49. The van der Waals surface area contributed by atoms with Crippen LogP contribution in [-0.2, 0) is 13.6 Å². The highest BCUT2D eigenvalue weighted by Crippen LogP contribution is 2.16. The smallest absolute Gasteiger partial charge is 0.313 e. The van der Waals surface area contributed by atoms with Gasteiger partial charge in [0.2, 0.25) is 0 Å². The molecule has 0 bridgehead atoms. The molecule has 2 heterocycles. The number of hydrogen-bond acceptors (Lipinski definition) is 5. The molecular formula is C10H10BrN5O2S. The van der Waals surface area contributed by atoms with Crippen LogP contribution in [0, 0.1) is 10.7 Å². The van der Waals surface area contributed by atoms with E-state index in [0.717, 1.165) is 6.42 Å². The number of nitriles is 1. The molecule has 1 N–H and O–H groups in total. The lowest BCUT2D eigenvalue weighted by Crippen LogP contribution is -2.29. The number of aryl methyl sites for hydroxylation is 2. The van der Waals surface area contributed by atoms with E-state index in [2.05, 4.69) is 25.9 Å². The minimum atomic E-state index is -0.491. The number of thiocyanates is 1. The molecule has 0 fully saturated rings. The molecule has 100 valence electrons. The Morgan fingerprint density at radius 2 is 2.26 bits per heavy atom. The topological polar surface area (TPSA) is 96.5 Å². The summed E-state index contributed by atoms with van der Waals surface area (Å²) in [7, 11) is 1.55. The standard InChI is InChI=1S/C10H10BrN5O2S/c1-15-7-6(8(17)14-10(15)18)16(9(11)13-7)3-2-4-19-5-12/h2-4H2,1H3,(H,14,17,18). The van der Waals surface area contributed by atoms with Crippen LogP contribution >= 0.6 is 27.7 Å². The largest absolute Gasteiger partial charge is 0.329 e. The fourth-order valence-electron chi connectivity index (χ4n) is 1.75. The molecule has 2 aromatic rings. The lowest BCUT2D eigenvalue weighted by Gasteiger charge is -2.04. The molecule has 19 heavy (non-hydrogen) atoms. The van der Waals surface area contributed by atoms with E-state index in [1.165, 1.54) is 16.3 Å². The molecule has 9 heteroatoms. The third-order valence-corrected chi connectivity index (χ3v) is 3.88. The van der Waals surface area contributed by atoms with E-state index >= 15 is 0 Å². The highest BCUT2D eigenvalue weighted by molar-refractivity contribution is 9.10. The van der Waals surface area contributed by atoms with Crippen molar-refractivity contribution in [2.45, 2.75) is 13.0 Å². The van der Waals surface area contributed by atoms with Gasteiger partial charge in [-0.25, -0.2) is 9.78 Å². The van der Waals surface area contributed by atoms with E-state index in [9.17, 15) is 9.59 Å². The second-order valence-electron chi connectivity index (χ2n) is 3.82. The molecule has 0 atom stereocenters. The van der Waals surface area contributed by atoms with E-state index in [4.69, 9.17) is 5.26 Å². The number of thioether (sulfide) groups is 1.